The maximum atomic E-state index is 4.92. The van der Waals surface area contributed by atoms with Crippen LogP contribution in [0.15, 0.2) is 47.7 Å². The molecule has 2 heterocycles. The summed E-state index contributed by atoms with van der Waals surface area (Å²) in [5, 5.41) is 11.4. The van der Waals surface area contributed by atoms with Crippen LogP contribution in [0.25, 0.3) is 0 Å². The molecule has 0 saturated carbocycles. The molecule has 0 radical (unpaired) electrons. The summed E-state index contributed by atoms with van der Waals surface area (Å²) in [4.78, 5) is 9.71. The highest BCUT2D eigenvalue weighted by molar-refractivity contribution is 14.0. The normalized spacial score (nSPS) is 17.6. The Hall–Kier alpha value is -1.65. The molecule has 1 aliphatic heterocycles. The minimum Gasteiger partial charge on any atom is -0.357 e. The second-order valence-corrected chi connectivity index (χ2v) is 8.69. The van der Waals surface area contributed by atoms with E-state index in [1.165, 1.54) is 11.1 Å². The van der Waals surface area contributed by atoms with E-state index in [9.17, 15) is 0 Å². The number of aromatic nitrogens is 2. The Bertz CT molecular complexity index is 813. The number of hydrogen-bond donors (Lipinski definition) is 2. The molecule has 1 aromatic carbocycles. The van der Waals surface area contributed by atoms with Crippen molar-refractivity contribution in [2.45, 2.75) is 44.8 Å². The van der Waals surface area contributed by atoms with Gasteiger partial charge in [-0.15, -0.1) is 24.0 Å². The molecule has 3 rings (SSSR count). The van der Waals surface area contributed by atoms with Crippen molar-refractivity contribution in [2.24, 2.45) is 12.0 Å². The van der Waals surface area contributed by atoms with Crippen LogP contribution in [0.4, 0.5) is 0 Å². The van der Waals surface area contributed by atoms with Crippen molar-refractivity contribution in [1.82, 2.24) is 30.2 Å². The lowest BCUT2D eigenvalue weighted by atomic mass is 10.0. The number of hydrogen-bond acceptors (Lipinski definition) is 4. The standard InChI is InChI=1S/C24H39N7.HI/c1-6-25-24(26-17-23(29(3)4)21-16-27-30(5)18-21)28-22-12-14-31(15-13-22)19(2)20-10-8-7-9-11-20;/h7-11,16,18-19,22-23H,6,12-15,17H2,1-5H3,(H2,25,26,28);1H. The van der Waals surface area contributed by atoms with Gasteiger partial charge < -0.3 is 15.5 Å². The minimum absolute atomic E-state index is 0. The van der Waals surface area contributed by atoms with Gasteiger partial charge in [0, 0.05) is 50.5 Å². The maximum Gasteiger partial charge on any atom is 0.191 e. The number of benzene rings is 1. The van der Waals surface area contributed by atoms with E-state index >= 15 is 0 Å². The minimum atomic E-state index is 0. The maximum absolute atomic E-state index is 4.92. The molecule has 7 nitrogen and oxygen atoms in total. The molecule has 178 valence electrons. The van der Waals surface area contributed by atoms with Crippen LogP contribution >= 0.6 is 24.0 Å². The third kappa shape index (κ3) is 7.45. The molecule has 32 heavy (non-hydrogen) atoms. The van der Waals surface area contributed by atoms with Crippen LogP contribution in [0.2, 0.25) is 0 Å². The molecule has 2 aromatic rings. The number of aliphatic imine (C=N–C) groups is 1. The van der Waals surface area contributed by atoms with E-state index in [0.717, 1.165) is 38.4 Å². The first-order valence-corrected chi connectivity index (χ1v) is 11.5. The fourth-order valence-electron chi connectivity index (χ4n) is 4.24. The van der Waals surface area contributed by atoms with E-state index in [2.05, 4.69) is 90.0 Å². The number of piperidine rings is 1. The van der Waals surface area contributed by atoms with E-state index < -0.39 is 0 Å². The van der Waals surface area contributed by atoms with Crippen molar-refractivity contribution in [3.63, 3.8) is 0 Å². The van der Waals surface area contributed by atoms with Crippen LogP contribution in [0.3, 0.4) is 0 Å². The Morgan fingerprint density at radius 1 is 1.19 bits per heavy atom. The quantitative estimate of drug-likeness (QED) is 0.298. The van der Waals surface area contributed by atoms with Gasteiger partial charge in [0.1, 0.15) is 0 Å². The number of guanidine groups is 1. The number of nitrogens with zero attached hydrogens (tertiary/aromatic N) is 5. The second kappa shape index (κ2) is 13.2. The Morgan fingerprint density at radius 2 is 1.88 bits per heavy atom. The van der Waals surface area contributed by atoms with E-state index in [1.807, 2.05) is 17.9 Å². The molecule has 0 bridgehead atoms. The van der Waals surface area contributed by atoms with Gasteiger partial charge >= 0.3 is 0 Å². The number of aryl methyl sites for hydroxylation is 1. The van der Waals surface area contributed by atoms with Crippen LogP contribution in [0.1, 0.15) is 49.9 Å². The molecule has 2 N–H and O–H groups in total. The first-order chi connectivity index (χ1) is 15.0. The van der Waals surface area contributed by atoms with Crippen molar-refractivity contribution in [3.8, 4) is 0 Å². The van der Waals surface area contributed by atoms with Gasteiger partial charge in [-0.2, -0.15) is 5.10 Å². The zero-order valence-corrected chi connectivity index (χ0v) is 22.5. The summed E-state index contributed by atoms with van der Waals surface area (Å²) >= 11 is 0. The van der Waals surface area contributed by atoms with Gasteiger partial charge in [0.15, 0.2) is 5.96 Å². The smallest absolute Gasteiger partial charge is 0.191 e. The molecular formula is C24H40IN7. The Labute approximate surface area is 210 Å². The second-order valence-electron chi connectivity index (χ2n) is 8.69. The topological polar surface area (TPSA) is 60.7 Å². The number of likely N-dealkylation sites (N-methyl/N-ethyl adjacent to an activating group) is 1. The van der Waals surface area contributed by atoms with Gasteiger partial charge in [-0.25, -0.2) is 0 Å². The average Bonchev–Trinajstić information content (AvgIpc) is 3.20. The Morgan fingerprint density at radius 3 is 2.44 bits per heavy atom. The summed E-state index contributed by atoms with van der Waals surface area (Å²) in [7, 11) is 6.14. The predicted molar refractivity (Wildman–Crippen MR) is 144 cm³/mol. The van der Waals surface area contributed by atoms with Crippen LogP contribution < -0.4 is 10.6 Å². The molecule has 0 amide bonds. The lowest BCUT2D eigenvalue weighted by Gasteiger charge is -2.37. The third-order valence-corrected chi connectivity index (χ3v) is 6.20. The molecule has 0 aliphatic carbocycles. The summed E-state index contributed by atoms with van der Waals surface area (Å²) in [6, 6.07) is 11.9. The lowest BCUT2D eigenvalue weighted by Crippen LogP contribution is -2.49. The molecule has 1 saturated heterocycles. The monoisotopic (exact) mass is 553 g/mol. The van der Waals surface area contributed by atoms with E-state index in [-0.39, 0.29) is 30.0 Å². The van der Waals surface area contributed by atoms with E-state index in [4.69, 9.17) is 4.99 Å². The average molecular weight is 554 g/mol. The highest BCUT2D eigenvalue weighted by Crippen LogP contribution is 2.24. The lowest BCUT2D eigenvalue weighted by molar-refractivity contribution is 0.158. The molecule has 1 aliphatic rings. The van der Waals surface area contributed by atoms with Gasteiger partial charge in [0.05, 0.1) is 18.8 Å². The third-order valence-electron chi connectivity index (χ3n) is 6.20. The number of nitrogens with one attached hydrogen (secondary N) is 2. The molecule has 8 heteroatoms. The Balaban J connectivity index is 0.00000363. The molecule has 0 spiro atoms. The highest BCUT2D eigenvalue weighted by atomic mass is 127. The Kier molecular flexibility index (Phi) is 10.9. The molecule has 2 unspecified atom stereocenters. The number of halogens is 1. The molecular weight excluding hydrogens is 513 g/mol. The zero-order valence-electron chi connectivity index (χ0n) is 20.2. The predicted octanol–water partition coefficient (Wildman–Crippen LogP) is 3.42. The van der Waals surface area contributed by atoms with Gasteiger partial charge in [0.25, 0.3) is 0 Å². The van der Waals surface area contributed by atoms with Gasteiger partial charge in [-0.3, -0.25) is 14.6 Å². The van der Waals surface area contributed by atoms with Crippen LogP contribution in [0.5, 0.6) is 0 Å². The van der Waals surface area contributed by atoms with Crippen molar-refractivity contribution in [2.75, 3.05) is 40.3 Å². The first-order valence-electron chi connectivity index (χ1n) is 11.5. The summed E-state index contributed by atoms with van der Waals surface area (Å²) in [5.41, 5.74) is 2.59. The largest absolute Gasteiger partial charge is 0.357 e. The van der Waals surface area contributed by atoms with Crippen molar-refractivity contribution in [3.05, 3.63) is 53.9 Å². The van der Waals surface area contributed by atoms with Gasteiger partial charge in [-0.1, -0.05) is 30.3 Å². The van der Waals surface area contributed by atoms with Crippen LogP contribution in [0, 0.1) is 0 Å². The SMILES string of the molecule is CCNC(=NCC(c1cnn(C)c1)N(C)C)NC1CCN(C(C)c2ccccc2)CC1.I. The fraction of sp³-hybridized carbons (Fsp3) is 0.583. The number of likely N-dealkylation sites (tertiary alicyclic amines) is 1. The number of rotatable bonds is 8. The summed E-state index contributed by atoms with van der Waals surface area (Å²) in [6.45, 7) is 8.18. The summed E-state index contributed by atoms with van der Waals surface area (Å²) in [6.07, 6.45) is 6.26. The van der Waals surface area contributed by atoms with Gasteiger partial charge in [0.2, 0.25) is 0 Å². The summed E-state index contributed by atoms with van der Waals surface area (Å²) in [5.74, 6) is 0.910. The summed E-state index contributed by atoms with van der Waals surface area (Å²) < 4.78 is 1.85. The highest BCUT2D eigenvalue weighted by Gasteiger charge is 2.24. The van der Waals surface area contributed by atoms with Crippen molar-refractivity contribution in [1.29, 1.82) is 0 Å². The van der Waals surface area contributed by atoms with Crippen molar-refractivity contribution >= 4 is 29.9 Å². The van der Waals surface area contributed by atoms with E-state index in [1.54, 1.807) is 0 Å². The van der Waals surface area contributed by atoms with Crippen LogP contribution in [-0.2, 0) is 7.05 Å². The van der Waals surface area contributed by atoms with Gasteiger partial charge in [-0.05, 0) is 46.3 Å². The first kappa shape index (κ1) is 26.6. The molecule has 1 aromatic heterocycles. The fourth-order valence-corrected chi connectivity index (χ4v) is 4.24. The molecule has 2 atom stereocenters. The molecule has 1 fully saturated rings. The van der Waals surface area contributed by atoms with Crippen LogP contribution in [-0.4, -0.2) is 71.9 Å². The van der Waals surface area contributed by atoms with Crippen molar-refractivity contribution < 1.29 is 0 Å². The zero-order chi connectivity index (χ0) is 22.2. The van der Waals surface area contributed by atoms with E-state index in [0.29, 0.717) is 18.6 Å².